The quantitative estimate of drug-likeness (QED) is 0.699. The second-order valence-electron chi connectivity index (χ2n) is 7.01. The fraction of sp³-hybridized carbons (Fsp3) is 0.500. The third kappa shape index (κ3) is 4.33. The summed E-state index contributed by atoms with van der Waals surface area (Å²) < 4.78 is 11.9. The van der Waals surface area contributed by atoms with E-state index in [0.717, 1.165) is 10.4 Å². The molecule has 0 atom stereocenters. The van der Waals surface area contributed by atoms with E-state index in [0.29, 0.717) is 42.4 Å². The molecular weight excluding hydrogens is 408 g/mol. The lowest BCUT2D eigenvalue weighted by atomic mass is 10.0. The van der Waals surface area contributed by atoms with Crippen LogP contribution in [-0.4, -0.2) is 52.4 Å². The minimum absolute atomic E-state index is 0.0138. The van der Waals surface area contributed by atoms with Gasteiger partial charge in [-0.2, -0.15) is 5.10 Å². The molecule has 0 spiro atoms. The first-order valence-electron chi connectivity index (χ1n) is 9.95. The van der Waals surface area contributed by atoms with Crippen molar-refractivity contribution in [1.82, 2.24) is 14.7 Å². The van der Waals surface area contributed by atoms with E-state index in [4.69, 9.17) is 9.47 Å². The van der Waals surface area contributed by atoms with Crippen LogP contribution in [0.5, 0.6) is 0 Å². The maximum absolute atomic E-state index is 12.9. The van der Waals surface area contributed by atoms with Crippen LogP contribution in [0.25, 0.3) is 0 Å². The summed E-state index contributed by atoms with van der Waals surface area (Å²) in [6.45, 7) is 8.64. The van der Waals surface area contributed by atoms with Crippen molar-refractivity contribution in [2.45, 2.75) is 46.7 Å². The average Bonchev–Trinajstić information content (AvgIpc) is 3.32. The maximum atomic E-state index is 12.9. The van der Waals surface area contributed by atoms with Crippen LogP contribution in [0.1, 0.15) is 65.0 Å². The van der Waals surface area contributed by atoms with Crippen LogP contribution in [0, 0.1) is 0 Å². The molecule has 9 nitrogen and oxygen atoms in total. The third-order valence-corrected chi connectivity index (χ3v) is 5.81. The highest BCUT2D eigenvalue weighted by atomic mass is 32.1. The molecule has 2 amide bonds. The maximum Gasteiger partial charge on any atom is 0.410 e. The number of carbonyl (C=O) groups excluding carboxylic acids is 3. The molecule has 0 radical (unpaired) electrons. The largest absolute Gasteiger partial charge is 0.462 e. The molecule has 0 fully saturated rings. The number of nitrogens with zero attached hydrogens (tertiary/aromatic N) is 3. The molecule has 0 saturated carbocycles. The standard InChI is InChI=1S/C20H26N4O5S/c1-5-28-19(26)16-13-8-10-23(20(27)29-6-2)11-15(13)30-18(16)22-17(25)14-7-9-21-24(14)12(3)4/h7,9,12H,5-6,8,10-11H2,1-4H3,(H,22,25). The second-order valence-corrected chi connectivity index (χ2v) is 8.11. The topological polar surface area (TPSA) is 103 Å². The highest BCUT2D eigenvalue weighted by Gasteiger charge is 2.32. The molecule has 1 aliphatic heterocycles. The number of anilines is 1. The Kier molecular flexibility index (Phi) is 6.76. The zero-order valence-corrected chi connectivity index (χ0v) is 18.4. The number of thiophene rings is 1. The molecule has 3 rings (SSSR count). The van der Waals surface area contributed by atoms with Gasteiger partial charge in [0, 0.05) is 23.7 Å². The van der Waals surface area contributed by atoms with Crippen molar-refractivity contribution in [2.75, 3.05) is 25.1 Å². The molecule has 0 bridgehead atoms. The molecule has 0 aliphatic carbocycles. The van der Waals surface area contributed by atoms with Gasteiger partial charge in [0.25, 0.3) is 5.91 Å². The summed E-state index contributed by atoms with van der Waals surface area (Å²) in [6, 6.07) is 1.65. The van der Waals surface area contributed by atoms with Crippen molar-refractivity contribution in [1.29, 1.82) is 0 Å². The van der Waals surface area contributed by atoms with Gasteiger partial charge in [0.2, 0.25) is 0 Å². The number of fused-ring (bicyclic) bond motifs is 1. The van der Waals surface area contributed by atoms with E-state index in [9.17, 15) is 14.4 Å². The lowest BCUT2D eigenvalue weighted by Gasteiger charge is -2.26. The predicted molar refractivity (Wildman–Crippen MR) is 112 cm³/mol. The molecule has 1 N–H and O–H groups in total. The number of rotatable bonds is 6. The lowest BCUT2D eigenvalue weighted by molar-refractivity contribution is 0.0526. The van der Waals surface area contributed by atoms with Crippen molar-refractivity contribution in [3.8, 4) is 0 Å². The summed E-state index contributed by atoms with van der Waals surface area (Å²) in [5, 5.41) is 7.47. The van der Waals surface area contributed by atoms with Gasteiger partial charge < -0.3 is 19.7 Å². The van der Waals surface area contributed by atoms with Crippen LogP contribution in [0.3, 0.4) is 0 Å². The van der Waals surface area contributed by atoms with Crippen molar-refractivity contribution in [3.63, 3.8) is 0 Å². The van der Waals surface area contributed by atoms with Gasteiger partial charge >= 0.3 is 12.1 Å². The minimum atomic E-state index is -0.479. The number of carbonyl (C=O) groups is 3. The predicted octanol–water partition coefficient (Wildman–Crippen LogP) is 3.47. The Morgan fingerprint density at radius 3 is 2.63 bits per heavy atom. The summed E-state index contributed by atoms with van der Waals surface area (Å²) in [5.41, 5.74) is 1.58. The Bertz CT molecular complexity index is 949. The summed E-state index contributed by atoms with van der Waals surface area (Å²) in [4.78, 5) is 40.1. The Hall–Kier alpha value is -2.88. The summed E-state index contributed by atoms with van der Waals surface area (Å²) in [7, 11) is 0. The summed E-state index contributed by atoms with van der Waals surface area (Å²) in [6.07, 6.45) is 1.66. The zero-order chi connectivity index (χ0) is 21.8. The Morgan fingerprint density at radius 1 is 1.23 bits per heavy atom. The number of hydrogen-bond donors (Lipinski definition) is 1. The number of ether oxygens (including phenoxy) is 2. The first-order chi connectivity index (χ1) is 14.4. The lowest BCUT2D eigenvalue weighted by Crippen LogP contribution is -2.36. The molecule has 162 valence electrons. The number of nitrogens with one attached hydrogen (secondary N) is 1. The number of esters is 1. The molecule has 30 heavy (non-hydrogen) atoms. The van der Waals surface area contributed by atoms with Gasteiger partial charge in [-0.05, 0) is 45.7 Å². The number of aromatic nitrogens is 2. The first kappa shape index (κ1) is 21.8. The molecule has 1 aliphatic rings. The third-order valence-electron chi connectivity index (χ3n) is 4.68. The van der Waals surface area contributed by atoms with Crippen LogP contribution >= 0.6 is 11.3 Å². The molecule has 2 aromatic heterocycles. The molecular formula is C20H26N4O5S. The Morgan fingerprint density at radius 2 is 1.97 bits per heavy atom. The van der Waals surface area contributed by atoms with Crippen LogP contribution < -0.4 is 5.32 Å². The Labute approximate surface area is 178 Å². The van der Waals surface area contributed by atoms with Crippen LogP contribution in [-0.2, 0) is 22.4 Å². The monoisotopic (exact) mass is 434 g/mol. The highest BCUT2D eigenvalue weighted by molar-refractivity contribution is 7.17. The summed E-state index contributed by atoms with van der Waals surface area (Å²) in [5.74, 6) is -0.833. The highest BCUT2D eigenvalue weighted by Crippen LogP contribution is 2.38. The van der Waals surface area contributed by atoms with Crippen LogP contribution in [0.15, 0.2) is 12.3 Å². The van der Waals surface area contributed by atoms with Crippen LogP contribution in [0.2, 0.25) is 0 Å². The van der Waals surface area contributed by atoms with Gasteiger partial charge in [-0.25, -0.2) is 9.59 Å². The number of hydrogen-bond acceptors (Lipinski definition) is 7. The molecule has 0 aromatic carbocycles. The molecule has 0 unspecified atom stereocenters. The van der Waals surface area contributed by atoms with Crippen molar-refractivity contribution >= 4 is 34.3 Å². The van der Waals surface area contributed by atoms with E-state index < -0.39 is 5.97 Å². The second kappa shape index (κ2) is 9.29. The van der Waals surface area contributed by atoms with E-state index in [1.54, 1.807) is 35.7 Å². The first-order valence-corrected chi connectivity index (χ1v) is 10.8. The summed E-state index contributed by atoms with van der Waals surface area (Å²) >= 11 is 1.28. The van der Waals surface area contributed by atoms with Gasteiger partial charge in [0.1, 0.15) is 10.7 Å². The normalized spacial score (nSPS) is 13.2. The van der Waals surface area contributed by atoms with E-state index in [1.807, 2.05) is 13.8 Å². The average molecular weight is 435 g/mol. The Balaban J connectivity index is 1.92. The zero-order valence-electron chi connectivity index (χ0n) is 17.6. The molecule has 2 aromatic rings. The fourth-order valence-corrected chi connectivity index (χ4v) is 4.60. The minimum Gasteiger partial charge on any atom is -0.462 e. The fourth-order valence-electron chi connectivity index (χ4n) is 3.35. The van der Waals surface area contributed by atoms with E-state index in [1.165, 1.54) is 11.3 Å². The SMILES string of the molecule is CCOC(=O)c1c(NC(=O)c2ccnn2C(C)C)sc2c1CCN(C(=O)OCC)C2. The van der Waals surface area contributed by atoms with E-state index in [2.05, 4.69) is 10.4 Å². The van der Waals surface area contributed by atoms with Gasteiger partial charge in [-0.3, -0.25) is 9.48 Å². The van der Waals surface area contributed by atoms with Gasteiger partial charge in [0.05, 0.1) is 25.3 Å². The van der Waals surface area contributed by atoms with Crippen LogP contribution in [0.4, 0.5) is 9.80 Å². The van der Waals surface area contributed by atoms with Crippen molar-refractivity contribution in [3.05, 3.63) is 34.0 Å². The van der Waals surface area contributed by atoms with Crippen molar-refractivity contribution < 1.29 is 23.9 Å². The molecule has 0 saturated heterocycles. The molecule has 10 heteroatoms. The van der Waals surface area contributed by atoms with Gasteiger partial charge in [0.15, 0.2) is 0 Å². The van der Waals surface area contributed by atoms with E-state index >= 15 is 0 Å². The molecule has 3 heterocycles. The number of amides is 2. The smallest absolute Gasteiger partial charge is 0.410 e. The van der Waals surface area contributed by atoms with E-state index in [-0.39, 0.29) is 24.6 Å². The van der Waals surface area contributed by atoms with Gasteiger partial charge in [-0.15, -0.1) is 11.3 Å². The van der Waals surface area contributed by atoms with Gasteiger partial charge in [-0.1, -0.05) is 0 Å². The van der Waals surface area contributed by atoms with Crippen molar-refractivity contribution in [2.24, 2.45) is 0 Å².